The molecule has 0 bridgehead atoms. The minimum atomic E-state index is -0.322. The van der Waals surface area contributed by atoms with Gasteiger partial charge in [-0.2, -0.15) is 0 Å². The molecule has 4 atom stereocenters. The number of hydrogen-bond acceptors (Lipinski definition) is 5. The van der Waals surface area contributed by atoms with Crippen LogP contribution in [0.1, 0.15) is 26.7 Å². The van der Waals surface area contributed by atoms with Crippen molar-refractivity contribution in [2.45, 2.75) is 38.9 Å². The van der Waals surface area contributed by atoms with Crippen LogP contribution in [0.3, 0.4) is 0 Å². The van der Waals surface area contributed by atoms with Crippen LogP contribution >= 0.6 is 0 Å². The van der Waals surface area contributed by atoms with Gasteiger partial charge in [-0.05, 0) is 0 Å². The molecule has 1 saturated heterocycles. The second-order valence-electron chi connectivity index (χ2n) is 4.91. The number of hydrogen-bond donors (Lipinski definition) is 0. The lowest BCUT2D eigenvalue weighted by Crippen LogP contribution is -2.29. The van der Waals surface area contributed by atoms with Gasteiger partial charge in [-0.25, -0.2) is 0 Å². The third-order valence-corrected chi connectivity index (χ3v) is 3.55. The molecule has 2 rings (SSSR count). The Morgan fingerprint density at radius 1 is 1.39 bits per heavy atom. The predicted octanol–water partition coefficient (Wildman–Crippen LogP) is 1.42. The van der Waals surface area contributed by atoms with Crippen molar-refractivity contribution in [3.05, 3.63) is 12.3 Å². The van der Waals surface area contributed by atoms with Gasteiger partial charge in [-0.3, -0.25) is 9.59 Å². The fourth-order valence-electron chi connectivity index (χ4n) is 2.87. The van der Waals surface area contributed by atoms with E-state index in [2.05, 4.69) is 6.58 Å². The van der Waals surface area contributed by atoms with Gasteiger partial charge < -0.3 is 14.2 Å². The van der Waals surface area contributed by atoms with Crippen LogP contribution in [0.15, 0.2) is 12.3 Å². The average Bonchev–Trinajstić information content (AvgIpc) is 2.70. The molecule has 0 N–H and O–H groups in total. The summed E-state index contributed by atoms with van der Waals surface area (Å²) in [6.45, 7) is 6.84. The summed E-state index contributed by atoms with van der Waals surface area (Å²) >= 11 is 0. The second-order valence-corrected chi connectivity index (χ2v) is 4.91. The molecule has 1 saturated carbocycles. The number of esters is 2. The Morgan fingerprint density at radius 2 is 2.11 bits per heavy atom. The van der Waals surface area contributed by atoms with Crippen molar-refractivity contribution in [1.29, 1.82) is 0 Å². The molecule has 0 aromatic heterocycles. The minimum absolute atomic E-state index is 0.00190. The first kappa shape index (κ1) is 12.9. The molecular weight excluding hydrogens is 236 g/mol. The zero-order valence-corrected chi connectivity index (χ0v) is 10.7. The van der Waals surface area contributed by atoms with Gasteiger partial charge in [0.05, 0.1) is 12.4 Å². The van der Waals surface area contributed by atoms with E-state index in [1.807, 2.05) is 0 Å². The number of ether oxygens (including phenoxy) is 3. The largest absolute Gasteiger partial charge is 0.495 e. The maximum atomic E-state index is 11.1. The van der Waals surface area contributed by atoms with Gasteiger partial charge in [0.2, 0.25) is 0 Å². The van der Waals surface area contributed by atoms with Gasteiger partial charge in [0.25, 0.3) is 0 Å². The van der Waals surface area contributed by atoms with E-state index in [1.165, 1.54) is 13.8 Å². The van der Waals surface area contributed by atoms with Gasteiger partial charge in [0, 0.05) is 38.5 Å². The number of rotatable bonds is 3. The van der Waals surface area contributed by atoms with E-state index in [0.29, 0.717) is 6.42 Å². The fraction of sp³-hybridized carbons (Fsp3) is 0.692. The molecule has 0 aromatic rings. The SMILES string of the molecule is C=C1C[C@H]2[C@H](COC(C)=O)[C@@H](OC(C)=O)C[C@H]2O1. The molecule has 0 radical (unpaired) electrons. The standard InChI is InChI=1S/C13H18O5/c1-7-4-10-11(6-16-8(2)14)13(18-9(3)15)5-12(10)17-7/h10-13H,1,4-6H2,2-3H3/t10-,11-,12+,13-/m0/s1. The molecule has 18 heavy (non-hydrogen) atoms. The molecule has 1 aliphatic carbocycles. The highest BCUT2D eigenvalue weighted by molar-refractivity contribution is 5.66. The smallest absolute Gasteiger partial charge is 0.302 e. The van der Waals surface area contributed by atoms with E-state index in [1.54, 1.807) is 0 Å². The van der Waals surface area contributed by atoms with Crippen molar-refractivity contribution in [2.24, 2.45) is 11.8 Å². The maximum absolute atomic E-state index is 11.1. The topological polar surface area (TPSA) is 61.8 Å². The van der Waals surface area contributed by atoms with Crippen molar-refractivity contribution >= 4 is 11.9 Å². The Labute approximate surface area is 106 Å². The summed E-state index contributed by atoms with van der Waals surface area (Å²) in [5.74, 6) is 0.353. The van der Waals surface area contributed by atoms with E-state index in [4.69, 9.17) is 14.2 Å². The van der Waals surface area contributed by atoms with Crippen molar-refractivity contribution in [2.75, 3.05) is 6.61 Å². The Bertz CT molecular complexity index is 376. The first-order valence-corrected chi connectivity index (χ1v) is 6.12. The second kappa shape index (κ2) is 5.00. The molecule has 100 valence electrons. The third kappa shape index (κ3) is 2.66. The number of fused-ring (bicyclic) bond motifs is 1. The Balaban J connectivity index is 2.04. The third-order valence-electron chi connectivity index (χ3n) is 3.55. The zero-order chi connectivity index (χ0) is 13.3. The van der Waals surface area contributed by atoms with Gasteiger partial charge in [-0.15, -0.1) is 0 Å². The molecule has 5 heteroatoms. The zero-order valence-electron chi connectivity index (χ0n) is 10.7. The summed E-state index contributed by atoms with van der Waals surface area (Å²) in [5, 5.41) is 0. The van der Waals surface area contributed by atoms with Gasteiger partial charge in [0.15, 0.2) is 0 Å². The van der Waals surface area contributed by atoms with E-state index in [-0.39, 0.29) is 42.6 Å². The Kier molecular flexibility index (Phi) is 3.59. The number of allylic oxidation sites excluding steroid dienone is 1. The van der Waals surface area contributed by atoms with Crippen LogP contribution in [0.2, 0.25) is 0 Å². The normalized spacial score (nSPS) is 33.8. The summed E-state index contributed by atoms with van der Waals surface area (Å²) in [7, 11) is 0. The molecule has 1 heterocycles. The minimum Gasteiger partial charge on any atom is -0.495 e. The first-order chi connectivity index (χ1) is 8.47. The maximum Gasteiger partial charge on any atom is 0.302 e. The lowest BCUT2D eigenvalue weighted by molar-refractivity contribution is -0.152. The van der Waals surface area contributed by atoms with Gasteiger partial charge in [-0.1, -0.05) is 6.58 Å². The van der Waals surface area contributed by atoms with Crippen LogP contribution in [0.5, 0.6) is 0 Å². The Morgan fingerprint density at radius 3 is 2.72 bits per heavy atom. The highest BCUT2D eigenvalue weighted by atomic mass is 16.6. The van der Waals surface area contributed by atoms with E-state index >= 15 is 0 Å². The van der Waals surface area contributed by atoms with Gasteiger partial charge in [0.1, 0.15) is 12.2 Å². The van der Waals surface area contributed by atoms with Crippen molar-refractivity contribution in [3.63, 3.8) is 0 Å². The molecule has 0 amide bonds. The molecule has 2 fully saturated rings. The molecular formula is C13H18O5. The van der Waals surface area contributed by atoms with Crippen LogP contribution in [0.25, 0.3) is 0 Å². The van der Waals surface area contributed by atoms with Crippen LogP contribution < -0.4 is 0 Å². The average molecular weight is 254 g/mol. The van der Waals surface area contributed by atoms with Crippen molar-refractivity contribution < 1.29 is 23.8 Å². The summed E-state index contributed by atoms with van der Waals surface area (Å²) < 4.78 is 16.0. The Hall–Kier alpha value is -1.52. The molecule has 0 unspecified atom stereocenters. The highest BCUT2D eigenvalue weighted by Crippen LogP contribution is 2.45. The van der Waals surface area contributed by atoms with E-state index in [9.17, 15) is 9.59 Å². The van der Waals surface area contributed by atoms with Crippen LogP contribution in [0.4, 0.5) is 0 Å². The van der Waals surface area contributed by atoms with Gasteiger partial charge >= 0.3 is 11.9 Å². The summed E-state index contributed by atoms with van der Waals surface area (Å²) in [6, 6.07) is 0. The summed E-state index contributed by atoms with van der Waals surface area (Å²) in [4.78, 5) is 22.0. The molecule has 0 spiro atoms. The highest BCUT2D eigenvalue weighted by Gasteiger charge is 2.50. The molecule has 1 aliphatic heterocycles. The van der Waals surface area contributed by atoms with Crippen molar-refractivity contribution in [3.8, 4) is 0 Å². The lowest BCUT2D eigenvalue weighted by Gasteiger charge is -2.22. The number of carbonyl (C=O) groups is 2. The monoisotopic (exact) mass is 254 g/mol. The van der Waals surface area contributed by atoms with Crippen LogP contribution in [0, 0.1) is 11.8 Å². The quantitative estimate of drug-likeness (QED) is 0.713. The molecule has 2 aliphatic rings. The fourth-order valence-corrected chi connectivity index (χ4v) is 2.87. The van der Waals surface area contributed by atoms with E-state index < -0.39 is 0 Å². The van der Waals surface area contributed by atoms with Crippen LogP contribution in [-0.4, -0.2) is 30.8 Å². The van der Waals surface area contributed by atoms with Crippen molar-refractivity contribution in [1.82, 2.24) is 0 Å². The number of carbonyl (C=O) groups excluding carboxylic acids is 2. The summed E-state index contributed by atoms with van der Waals surface area (Å²) in [6.07, 6.45) is 1.19. The molecule has 5 nitrogen and oxygen atoms in total. The van der Waals surface area contributed by atoms with E-state index in [0.717, 1.165) is 12.2 Å². The summed E-state index contributed by atoms with van der Waals surface area (Å²) in [5.41, 5.74) is 0. The first-order valence-electron chi connectivity index (χ1n) is 6.12. The molecule has 0 aromatic carbocycles. The lowest BCUT2D eigenvalue weighted by atomic mass is 9.92. The van der Waals surface area contributed by atoms with Crippen LogP contribution in [-0.2, 0) is 23.8 Å². The predicted molar refractivity (Wildman–Crippen MR) is 62.4 cm³/mol.